The number of benzene rings is 2. The Morgan fingerprint density at radius 3 is 2.58 bits per heavy atom. The van der Waals surface area contributed by atoms with Gasteiger partial charge in [0.05, 0.1) is 42.4 Å². The lowest BCUT2D eigenvalue weighted by atomic mass is 9.93. The van der Waals surface area contributed by atoms with Gasteiger partial charge in [-0.15, -0.1) is 0 Å². The summed E-state index contributed by atoms with van der Waals surface area (Å²) in [6.45, 7) is 2.90. The fourth-order valence-electron chi connectivity index (χ4n) is 4.80. The number of fused-ring (bicyclic) bond motifs is 2. The Morgan fingerprint density at radius 2 is 1.79 bits per heavy atom. The molecule has 2 unspecified atom stereocenters. The van der Waals surface area contributed by atoms with Gasteiger partial charge < -0.3 is 24.6 Å². The molecule has 0 aliphatic heterocycles. The summed E-state index contributed by atoms with van der Waals surface area (Å²) in [5, 5.41) is 17.7. The van der Waals surface area contributed by atoms with Gasteiger partial charge in [-0.05, 0) is 44.0 Å². The van der Waals surface area contributed by atoms with E-state index in [9.17, 15) is 9.90 Å². The van der Waals surface area contributed by atoms with Crippen molar-refractivity contribution in [3.63, 3.8) is 0 Å². The number of nitrogens with zero attached hydrogens (tertiary/aromatic N) is 3. The lowest BCUT2D eigenvalue weighted by molar-refractivity contribution is 0.0890. The number of aliphatic hydroxyl groups excluding tert-OH is 1. The second-order valence-corrected chi connectivity index (χ2v) is 9.34. The molecule has 2 aromatic carbocycles. The fourth-order valence-corrected chi connectivity index (χ4v) is 4.80. The van der Waals surface area contributed by atoms with E-state index in [1.165, 1.54) is 0 Å². The molecule has 11 nitrogen and oxygen atoms in total. The number of ether oxygens (including phenoxy) is 3. The van der Waals surface area contributed by atoms with Gasteiger partial charge in [-0.25, -0.2) is 15.0 Å². The third-order valence-electron chi connectivity index (χ3n) is 6.81. The highest BCUT2D eigenvalue weighted by Gasteiger charge is 2.22. The fraction of sp³-hybridized carbons (Fsp3) is 0.407. The number of H-pyrrole nitrogens is 1. The molecule has 11 heteroatoms. The third-order valence-corrected chi connectivity index (χ3v) is 6.81. The van der Waals surface area contributed by atoms with E-state index in [1.807, 2.05) is 13.0 Å². The molecular formula is C27H32N6O5. The maximum absolute atomic E-state index is 12.8. The minimum absolute atomic E-state index is 0.113. The summed E-state index contributed by atoms with van der Waals surface area (Å²) in [6, 6.07) is 8.92. The van der Waals surface area contributed by atoms with Gasteiger partial charge in [-0.3, -0.25) is 15.1 Å². The number of aromatic amines is 1. The van der Waals surface area contributed by atoms with E-state index in [0.29, 0.717) is 52.8 Å². The Bertz CT molecular complexity index is 1510. The first kappa shape index (κ1) is 25.7. The van der Waals surface area contributed by atoms with Gasteiger partial charge in [0.2, 0.25) is 11.9 Å². The van der Waals surface area contributed by atoms with Crippen molar-refractivity contribution < 1.29 is 19.3 Å². The Balaban J connectivity index is 1.29. The first-order valence-corrected chi connectivity index (χ1v) is 12.7. The lowest BCUT2D eigenvalue weighted by Gasteiger charge is -2.28. The van der Waals surface area contributed by atoms with Crippen LogP contribution >= 0.6 is 0 Å². The van der Waals surface area contributed by atoms with Crippen LogP contribution in [0.1, 0.15) is 31.4 Å². The Labute approximate surface area is 219 Å². The summed E-state index contributed by atoms with van der Waals surface area (Å²) >= 11 is 0. The minimum atomic E-state index is -0.310. The maximum atomic E-state index is 12.8. The van der Waals surface area contributed by atoms with Crippen LogP contribution in [0.15, 0.2) is 35.1 Å². The van der Waals surface area contributed by atoms with Crippen LogP contribution in [-0.4, -0.2) is 64.6 Å². The molecule has 1 saturated carbocycles. The predicted molar refractivity (Wildman–Crippen MR) is 145 cm³/mol. The molecule has 4 N–H and O–H groups in total. The van der Waals surface area contributed by atoms with Crippen LogP contribution in [0.5, 0.6) is 17.2 Å². The number of methoxy groups -OCH3 is 2. The van der Waals surface area contributed by atoms with Gasteiger partial charge in [0.1, 0.15) is 12.4 Å². The first-order valence-electron chi connectivity index (χ1n) is 12.7. The van der Waals surface area contributed by atoms with Crippen LogP contribution in [0.3, 0.4) is 0 Å². The topological polar surface area (TPSA) is 144 Å². The van der Waals surface area contributed by atoms with Gasteiger partial charge in [0.15, 0.2) is 11.5 Å². The average Bonchev–Trinajstić information content (AvgIpc) is 2.91. The van der Waals surface area contributed by atoms with Gasteiger partial charge in [-0.2, -0.15) is 0 Å². The summed E-state index contributed by atoms with van der Waals surface area (Å²) in [4.78, 5) is 29.2. The van der Waals surface area contributed by atoms with Crippen LogP contribution in [0.25, 0.3) is 21.8 Å². The molecule has 38 heavy (non-hydrogen) atoms. The molecule has 2 aromatic heterocycles. The summed E-state index contributed by atoms with van der Waals surface area (Å²) in [5.41, 5.74) is 1.59. The van der Waals surface area contributed by atoms with Gasteiger partial charge in [0, 0.05) is 24.0 Å². The Morgan fingerprint density at radius 1 is 1.00 bits per heavy atom. The molecule has 0 radical (unpaired) electrons. The number of hydrogen-bond donors (Lipinski definition) is 4. The highest BCUT2D eigenvalue weighted by atomic mass is 16.5. The zero-order valence-corrected chi connectivity index (χ0v) is 21.7. The van der Waals surface area contributed by atoms with E-state index < -0.39 is 0 Å². The normalized spacial score (nSPS) is 17.5. The molecule has 0 saturated heterocycles. The SMILES string of the molecule is COc1cc2nc(Nc3nc4ccc(OCCNC5CCCCC5O)cc4c(=O)[nH]3)nc(C)c2cc1OC. The molecule has 4 aromatic rings. The van der Waals surface area contributed by atoms with Crippen molar-refractivity contribution in [1.82, 2.24) is 25.3 Å². The molecule has 2 atom stereocenters. The Hall–Kier alpha value is -3.96. The van der Waals surface area contributed by atoms with Crippen LogP contribution in [0.2, 0.25) is 0 Å². The monoisotopic (exact) mass is 520 g/mol. The highest BCUT2D eigenvalue weighted by Crippen LogP contribution is 2.33. The van der Waals surface area contributed by atoms with E-state index in [-0.39, 0.29) is 23.7 Å². The van der Waals surface area contributed by atoms with Crippen molar-refractivity contribution in [2.75, 3.05) is 32.7 Å². The molecule has 5 rings (SSSR count). The molecule has 0 spiro atoms. The molecule has 0 amide bonds. The molecule has 200 valence electrons. The van der Waals surface area contributed by atoms with E-state index in [2.05, 4.69) is 30.6 Å². The van der Waals surface area contributed by atoms with Crippen molar-refractivity contribution in [1.29, 1.82) is 0 Å². The largest absolute Gasteiger partial charge is 0.493 e. The van der Waals surface area contributed by atoms with Crippen LogP contribution < -0.4 is 30.4 Å². The smallest absolute Gasteiger partial charge is 0.260 e. The zero-order valence-electron chi connectivity index (χ0n) is 21.7. The third kappa shape index (κ3) is 5.48. The maximum Gasteiger partial charge on any atom is 0.260 e. The number of nitrogens with one attached hydrogen (secondary N) is 3. The number of rotatable bonds is 9. The van der Waals surface area contributed by atoms with Crippen molar-refractivity contribution >= 4 is 33.7 Å². The molecule has 0 bridgehead atoms. The molecule has 1 fully saturated rings. The van der Waals surface area contributed by atoms with E-state index in [1.54, 1.807) is 38.5 Å². The second kappa shape index (κ2) is 11.2. The summed E-state index contributed by atoms with van der Waals surface area (Å²) in [6.07, 6.45) is 3.72. The number of aryl methyl sites for hydroxylation is 1. The summed E-state index contributed by atoms with van der Waals surface area (Å²) < 4.78 is 16.6. The van der Waals surface area contributed by atoms with E-state index >= 15 is 0 Å². The van der Waals surface area contributed by atoms with Crippen molar-refractivity contribution in [3.8, 4) is 17.2 Å². The minimum Gasteiger partial charge on any atom is -0.493 e. The summed E-state index contributed by atoms with van der Waals surface area (Å²) in [5.74, 6) is 2.25. The van der Waals surface area contributed by atoms with Gasteiger partial charge >= 0.3 is 0 Å². The molecule has 1 aliphatic rings. The number of aliphatic hydroxyl groups is 1. The summed E-state index contributed by atoms with van der Waals surface area (Å²) in [7, 11) is 3.14. The van der Waals surface area contributed by atoms with Crippen LogP contribution in [0, 0.1) is 6.92 Å². The second-order valence-electron chi connectivity index (χ2n) is 9.34. The molecule has 2 heterocycles. The number of aromatic nitrogens is 4. The predicted octanol–water partition coefficient (Wildman–Crippen LogP) is 3.21. The number of anilines is 2. The van der Waals surface area contributed by atoms with Crippen LogP contribution in [0.4, 0.5) is 11.9 Å². The van der Waals surface area contributed by atoms with Gasteiger partial charge in [-0.1, -0.05) is 12.8 Å². The first-order chi connectivity index (χ1) is 18.4. The standard InChI is InChI=1S/C27H32N6O5/c1-15-17-13-23(36-2)24(37-3)14-21(17)31-26(29-15)33-27-30-19-9-8-16(12-18(19)25(35)32-27)38-11-10-28-20-6-4-5-7-22(20)34/h8-9,12-14,20,22,28,34H,4-7,10-11H2,1-3H3,(H2,29,30,31,32,33,35). The number of hydrogen-bond acceptors (Lipinski definition) is 10. The Kier molecular flexibility index (Phi) is 7.57. The highest BCUT2D eigenvalue weighted by molar-refractivity contribution is 5.86. The average molecular weight is 521 g/mol. The van der Waals surface area contributed by atoms with E-state index in [4.69, 9.17) is 14.2 Å². The quantitative estimate of drug-likeness (QED) is 0.243. The van der Waals surface area contributed by atoms with Crippen molar-refractivity contribution in [3.05, 3.63) is 46.4 Å². The van der Waals surface area contributed by atoms with Crippen molar-refractivity contribution in [2.24, 2.45) is 0 Å². The van der Waals surface area contributed by atoms with E-state index in [0.717, 1.165) is 36.8 Å². The van der Waals surface area contributed by atoms with Crippen LogP contribution in [-0.2, 0) is 0 Å². The van der Waals surface area contributed by atoms with Gasteiger partial charge in [0.25, 0.3) is 5.56 Å². The zero-order chi connectivity index (χ0) is 26.6. The molecular weight excluding hydrogens is 488 g/mol. The molecule has 1 aliphatic carbocycles. The lowest BCUT2D eigenvalue weighted by Crippen LogP contribution is -2.43. The van der Waals surface area contributed by atoms with Crippen molar-refractivity contribution in [2.45, 2.75) is 44.8 Å².